The molecule has 0 amide bonds. The van der Waals surface area contributed by atoms with E-state index in [1.54, 1.807) is 59.9 Å². The van der Waals surface area contributed by atoms with Crippen molar-refractivity contribution in [3.8, 4) is 0 Å². The Bertz CT molecular complexity index is 1300. The summed E-state index contributed by atoms with van der Waals surface area (Å²) in [6.07, 6.45) is 4.47. The zero-order valence-electron chi connectivity index (χ0n) is 16.5. The van der Waals surface area contributed by atoms with Crippen LogP contribution in [0.3, 0.4) is 0 Å². The van der Waals surface area contributed by atoms with Crippen molar-refractivity contribution in [1.29, 1.82) is 0 Å². The third-order valence-corrected chi connectivity index (χ3v) is 17.7. The third-order valence-electron chi connectivity index (χ3n) is 5.31. The molecule has 0 spiro atoms. The number of benzene rings is 2. The Labute approximate surface area is 203 Å². The van der Waals surface area contributed by atoms with E-state index >= 15 is 0 Å². The van der Waals surface area contributed by atoms with Crippen LogP contribution in [-0.4, -0.2) is 0 Å². The van der Waals surface area contributed by atoms with Crippen LogP contribution in [-0.2, 0) is 25.7 Å². The first-order chi connectivity index (χ1) is 14.2. The third kappa shape index (κ3) is 3.31. The molecule has 154 valence electrons. The van der Waals surface area contributed by atoms with Crippen molar-refractivity contribution in [2.45, 2.75) is 53.4 Å². The normalized spacial score (nSPS) is 12.0. The van der Waals surface area contributed by atoms with Gasteiger partial charge in [-0.05, 0) is 66.6 Å². The average Bonchev–Trinajstić information content (AvgIpc) is 3.37. The van der Waals surface area contributed by atoms with Gasteiger partial charge in [-0.2, -0.15) is 0 Å². The van der Waals surface area contributed by atoms with Gasteiger partial charge in [0.15, 0.2) is 0 Å². The predicted octanol–water partition coefficient (Wildman–Crippen LogP) is 11.4. The van der Waals surface area contributed by atoms with Gasteiger partial charge < -0.3 is 0 Å². The first-order valence-electron chi connectivity index (χ1n) is 9.71. The zero-order chi connectivity index (χ0) is 20.1. The summed E-state index contributed by atoms with van der Waals surface area (Å²) in [4.78, 5) is 0. The minimum Gasteiger partial charge on any atom is -0.133 e. The van der Waals surface area contributed by atoms with Gasteiger partial charge in [-0.1, -0.05) is 89.7 Å². The van der Waals surface area contributed by atoms with Crippen molar-refractivity contribution in [2.75, 3.05) is 0 Å². The number of fused-ring (bicyclic) bond motifs is 4. The van der Waals surface area contributed by atoms with Crippen LogP contribution in [0.5, 0.6) is 0 Å². The molecule has 0 aliphatic heterocycles. The lowest BCUT2D eigenvalue weighted by Crippen LogP contribution is -1.89. The van der Waals surface area contributed by atoms with E-state index in [1.165, 1.54) is 0 Å². The molecule has 0 aliphatic carbocycles. The monoisotopic (exact) mass is 548 g/mol. The lowest BCUT2D eigenvalue weighted by molar-refractivity contribution is 1.17. The smallest absolute Gasteiger partial charge is 0.0615 e. The van der Waals surface area contributed by atoms with Gasteiger partial charge in [0.2, 0.25) is 0 Å². The van der Waals surface area contributed by atoms with Crippen LogP contribution in [0.25, 0.3) is 37.6 Å². The number of hydrogen-bond donors (Lipinski definition) is 0. The Kier molecular flexibility index (Phi) is 6.42. The van der Waals surface area contributed by atoms with E-state index in [-0.39, 0.29) is 0 Å². The molecular weight excluding hydrogens is 529 g/mol. The van der Waals surface area contributed by atoms with E-state index in [0.717, 1.165) is 25.7 Å². The maximum absolute atomic E-state index is 2.34. The summed E-state index contributed by atoms with van der Waals surface area (Å²) in [6.45, 7) is 9.34. The first kappa shape index (κ1) is 21.3. The standard InChI is InChI=1S/C20H20S9/c1-5-9-13-15(11(7-3)19-17(9)24-28-26-19)22-23-16-12(8-4)20-18(25-29-27-20)10(6-2)14(16)21-13/h5-8H2,1-4H3. The Morgan fingerprint density at radius 3 is 0.966 bits per heavy atom. The van der Waals surface area contributed by atoms with Crippen molar-refractivity contribution in [3.63, 3.8) is 0 Å². The molecule has 0 radical (unpaired) electrons. The largest absolute Gasteiger partial charge is 0.133 e. The lowest BCUT2D eigenvalue weighted by Gasteiger charge is -2.09. The second-order valence-corrected chi connectivity index (χ2v) is 17.7. The molecule has 0 saturated carbocycles. The molecule has 5 rings (SSSR count). The van der Waals surface area contributed by atoms with Crippen LogP contribution < -0.4 is 0 Å². The molecule has 0 aliphatic rings. The summed E-state index contributed by atoms with van der Waals surface area (Å²) in [5.41, 5.74) is 6.32. The van der Waals surface area contributed by atoms with E-state index in [9.17, 15) is 0 Å². The second-order valence-electron chi connectivity index (χ2n) is 6.70. The van der Waals surface area contributed by atoms with Gasteiger partial charge in [0.05, 0.1) is 37.6 Å². The molecule has 29 heavy (non-hydrogen) atoms. The molecule has 0 unspecified atom stereocenters. The van der Waals surface area contributed by atoms with E-state index < -0.39 is 0 Å². The summed E-state index contributed by atoms with van der Waals surface area (Å²) in [5, 5.41) is 0. The second kappa shape index (κ2) is 8.75. The van der Waals surface area contributed by atoms with Gasteiger partial charge in [-0.25, -0.2) is 0 Å². The number of aryl methyl sites for hydroxylation is 4. The van der Waals surface area contributed by atoms with Gasteiger partial charge in [0, 0.05) is 0 Å². The Hall–Kier alpha value is 0.420. The molecule has 0 N–H and O–H groups in total. The highest BCUT2D eigenvalue weighted by atomic mass is 33.2. The Morgan fingerprint density at radius 1 is 0.379 bits per heavy atom. The van der Waals surface area contributed by atoms with Crippen LogP contribution in [0.15, 0.2) is 0 Å². The van der Waals surface area contributed by atoms with Crippen LogP contribution in [0.2, 0.25) is 0 Å². The molecule has 3 aromatic heterocycles. The highest BCUT2D eigenvalue weighted by molar-refractivity contribution is 7.99. The van der Waals surface area contributed by atoms with Gasteiger partial charge in [0.25, 0.3) is 0 Å². The summed E-state index contributed by atoms with van der Waals surface area (Å²) < 4.78 is 12.4. The van der Waals surface area contributed by atoms with E-state index in [0.29, 0.717) is 0 Å². The van der Waals surface area contributed by atoms with Crippen LogP contribution >= 0.6 is 92.1 Å². The molecule has 2 aromatic carbocycles. The van der Waals surface area contributed by atoms with Crippen LogP contribution in [0.1, 0.15) is 49.9 Å². The van der Waals surface area contributed by atoms with Crippen molar-refractivity contribution in [3.05, 3.63) is 22.3 Å². The SMILES string of the molecule is CCc1c2sssc2c(CC)c2sc3c(CC)c4sssc4c(CC)c3ssc12. The fourth-order valence-corrected chi connectivity index (χ4v) is 19.2. The Morgan fingerprint density at radius 2 is 0.655 bits per heavy atom. The van der Waals surface area contributed by atoms with E-state index in [2.05, 4.69) is 39.0 Å². The van der Waals surface area contributed by atoms with Gasteiger partial charge in [-0.15, -0.1) is 11.3 Å². The molecule has 0 nitrogen and oxygen atoms in total. The lowest BCUT2D eigenvalue weighted by atomic mass is 10.1. The molecule has 0 atom stereocenters. The number of hydrogen-bond acceptors (Lipinski definition) is 9. The summed E-state index contributed by atoms with van der Waals surface area (Å²) in [5.74, 6) is 0. The number of rotatable bonds is 4. The van der Waals surface area contributed by atoms with Gasteiger partial charge in [0.1, 0.15) is 0 Å². The highest BCUT2D eigenvalue weighted by Crippen LogP contribution is 2.49. The van der Waals surface area contributed by atoms with Crippen molar-refractivity contribution >= 4 is 130 Å². The average molecular weight is 549 g/mol. The van der Waals surface area contributed by atoms with Crippen molar-refractivity contribution in [1.82, 2.24) is 0 Å². The first-order valence-corrected chi connectivity index (χ1v) is 19.6. The summed E-state index contributed by atoms with van der Waals surface area (Å²) in [7, 11) is 15.9. The Balaban J connectivity index is 2.10. The van der Waals surface area contributed by atoms with Crippen molar-refractivity contribution < 1.29 is 0 Å². The van der Waals surface area contributed by atoms with Crippen molar-refractivity contribution in [2.24, 2.45) is 0 Å². The quantitative estimate of drug-likeness (QED) is 0.196. The minimum atomic E-state index is 1.11. The van der Waals surface area contributed by atoms with Crippen LogP contribution in [0, 0.1) is 0 Å². The van der Waals surface area contributed by atoms with Gasteiger partial charge >= 0.3 is 0 Å². The zero-order valence-corrected chi connectivity index (χ0v) is 23.9. The topological polar surface area (TPSA) is 0 Å². The molecule has 0 fully saturated rings. The molecule has 5 aromatic rings. The fourth-order valence-electron chi connectivity index (χ4n) is 3.89. The maximum Gasteiger partial charge on any atom is 0.0615 e. The fraction of sp³-hybridized carbons (Fsp3) is 0.400. The maximum atomic E-state index is 2.34. The minimum absolute atomic E-state index is 1.11. The van der Waals surface area contributed by atoms with E-state index in [1.807, 2.05) is 80.7 Å². The summed E-state index contributed by atoms with van der Waals surface area (Å²) in [6, 6.07) is 0. The van der Waals surface area contributed by atoms with Crippen LogP contribution in [0.4, 0.5) is 0 Å². The predicted molar refractivity (Wildman–Crippen MR) is 150 cm³/mol. The van der Waals surface area contributed by atoms with E-state index in [4.69, 9.17) is 0 Å². The molecular formula is C20H20S9. The molecule has 0 saturated heterocycles. The highest BCUT2D eigenvalue weighted by Gasteiger charge is 2.19. The molecule has 3 heterocycles. The summed E-state index contributed by atoms with van der Waals surface area (Å²) >= 11 is 2.09. The van der Waals surface area contributed by atoms with Gasteiger partial charge in [-0.3, -0.25) is 0 Å². The molecule has 0 bridgehead atoms. The molecule has 9 heteroatoms.